The number of rotatable bonds is 9. The molecule has 3 atom stereocenters. The van der Waals surface area contributed by atoms with Crippen LogP contribution in [0.5, 0.6) is 0 Å². The van der Waals surface area contributed by atoms with Crippen LogP contribution in [0.2, 0.25) is 0 Å². The van der Waals surface area contributed by atoms with Gasteiger partial charge in [-0.15, -0.1) is 0 Å². The standard InChI is InChI=1S/C21H25F3O4/c22-21(23,24)16-7-5-6-14(12-16)10-11-15-13-18(25)20(28)17(15)8-3-1-2-4-9-19(26)27/h5-7,10-12,15,17-18,25H,1-4,8-9,13H2,(H,26,27)/b11-10+. The molecule has 1 aliphatic rings. The largest absolute Gasteiger partial charge is 0.481 e. The Hall–Kier alpha value is -2.15. The number of carboxylic acids is 1. The van der Waals surface area contributed by atoms with Gasteiger partial charge >= 0.3 is 12.1 Å². The number of halogens is 3. The summed E-state index contributed by atoms with van der Waals surface area (Å²) in [4.78, 5) is 22.7. The average Bonchev–Trinajstić information content (AvgIpc) is 2.89. The molecule has 0 saturated heterocycles. The molecule has 2 rings (SSSR count). The molecule has 154 valence electrons. The maximum atomic E-state index is 12.8. The fourth-order valence-corrected chi connectivity index (χ4v) is 3.61. The number of benzene rings is 1. The van der Waals surface area contributed by atoms with Crippen molar-refractivity contribution in [1.82, 2.24) is 0 Å². The van der Waals surface area contributed by atoms with Gasteiger partial charge in [0.15, 0.2) is 5.78 Å². The van der Waals surface area contributed by atoms with Crippen LogP contribution < -0.4 is 0 Å². The number of carboxylic acid groups (broad SMARTS) is 1. The van der Waals surface area contributed by atoms with Crippen LogP contribution in [0.3, 0.4) is 0 Å². The summed E-state index contributed by atoms with van der Waals surface area (Å²) in [6.45, 7) is 0. The molecule has 3 unspecified atom stereocenters. The normalized spacial score (nSPS) is 22.9. The summed E-state index contributed by atoms with van der Waals surface area (Å²) in [5.74, 6) is -1.61. The summed E-state index contributed by atoms with van der Waals surface area (Å²) in [5, 5.41) is 18.5. The van der Waals surface area contributed by atoms with E-state index in [0.717, 1.165) is 31.4 Å². The van der Waals surface area contributed by atoms with Crippen LogP contribution in [-0.4, -0.2) is 28.1 Å². The number of carbonyl (C=O) groups is 2. The number of hydrogen-bond donors (Lipinski definition) is 2. The van der Waals surface area contributed by atoms with Crippen molar-refractivity contribution in [2.75, 3.05) is 0 Å². The number of allylic oxidation sites excluding steroid dienone is 1. The Balaban J connectivity index is 1.94. The first-order valence-electron chi connectivity index (χ1n) is 9.47. The van der Waals surface area contributed by atoms with E-state index < -0.39 is 23.8 Å². The van der Waals surface area contributed by atoms with Crippen molar-refractivity contribution >= 4 is 17.8 Å². The number of aliphatic carboxylic acids is 1. The van der Waals surface area contributed by atoms with Crippen molar-refractivity contribution in [2.24, 2.45) is 11.8 Å². The Kier molecular flexibility index (Phi) is 7.80. The molecule has 0 aromatic heterocycles. The van der Waals surface area contributed by atoms with Gasteiger partial charge in [0.25, 0.3) is 0 Å². The second kappa shape index (κ2) is 9.87. The Morgan fingerprint density at radius 1 is 1.18 bits per heavy atom. The van der Waals surface area contributed by atoms with E-state index in [1.807, 2.05) is 0 Å². The number of aliphatic hydroxyl groups excluding tert-OH is 1. The molecular formula is C21H25F3O4. The molecule has 1 aliphatic carbocycles. The van der Waals surface area contributed by atoms with E-state index in [0.29, 0.717) is 18.4 Å². The lowest BCUT2D eigenvalue weighted by molar-refractivity contribution is -0.138. The number of unbranched alkanes of at least 4 members (excludes halogenated alkanes) is 3. The average molecular weight is 398 g/mol. The Bertz CT molecular complexity index is 712. The third-order valence-electron chi connectivity index (χ3n) is 5.11. The molecule has 0 aliphatic heterocycles. The third-order valence-corrected chi connectivity index (χ3v) is 5.11. The van der Waals surface area contributed by atoms with E-state index in [1.54, 1.807) is 18.2 Å². The van der Waals surface area contributed by atoms with E-state index >= 15 is 0 Å². The maximum absolute atomic E-state index is 12.8. The lowest BCUT2D eigenvalue weighted by Gasteiger charge is -2.14. The van der Waals surface area contributed by atoms with Gasteiger partial charge < -0.3 is 10.2 Å². The molecule has 0 bridgehead atoms. The zero-order valence-electron chi connectivity index (χ0n) is 15.5. The van der Waals surface area contributed by atoms with Crippen LogP contribution in [0.1, 0.15) is 56.1 Å². The Morgan fingerprint density at radius 3 is 2.57 bits per heavy atom. The van der Waals surface area contributed by atoms with Gasteiger partial charge in [0.05, 0.1) is 5.56 Å². The molecule has 1 aromatic carbocycles. The van der Waals surface area contributed by atoms with Gasteiger partial charge in [-0.1, -0.05) is 43.5 Å². The van der Waals surface area contributed by atoms with Gasteiger partial charge in [-0.3, -0.25) is 9.59 Å². The van der Waals surface area contributed by atoms with Crippen molar-refractivity contribution in [3.05, 3.63) is 41.5 Å². The number of hydrogen-bond acceptors (Lipinski definition) is 3. The van der Waals surface area contributed by atoms with Crippen LogP contribution >= 0.6 is 0 Å². The van der Waals surface area contributed by atoms with Crippen LogP contribution in [-0.2, 0) is 15.8 Å². The highest BCUT2D eigenvalue weighted by molar-refractivity contribution is 5.88. The SMILES string of the molecule is O=C(O)CCCCCCC1C(=O)C(O)CC1/C=C/c1cccc(C(F)(F)F)c1. The van der Waals surface area contributed by atoms with Crippen LogP contribution in [0.15, 0.2) is 30.3 Å². The summed E-state index contributed by atoms with van der Waals surface area (Å²) >= 11 is 0. The van der Waals surface area contributed by atoms with Gasteiger partial charge in [0.1, 0.15) is 6.10 Å². The minimum atomic E-state index is -4.41. The molecule has 1 fully saturated rings. The molecule has 28 heavy (non-hydrogen) atoms. The topological polar surface area (TPSA) is 74.6 Å². The second-order valence-electron chi connectivity index (χ2n) is 7.25. The van der Waals surface area contributed by atoms with Crippen LogP contribution in [0, 0.1) is 11.8 Å². The zero-order chi connectivity index (χ0) is 20.7. The lowest BCUT2D eigenvalue weighted by Crippen LogP contribution is -2.19. The number of alkyl halides is 3. The van der Waals surface area contributed by atoms with Gasteiger partial charge in [-0.05, 0) is 42.9 Å². The predicted molar refractivity (Wildman–Crippen MR) is 98.4 cm³/mol. The summed E-state index contributed by atoms with van der Waals surface area (Å²) in [7, 11) is 0. The minimum Gasteiger partial charge on any atom is -0.481 e. The summed E-state index contributed by atoms with van der Waals surface area (Å²) in [6.07, 6.45) is 1.75. The van der Waals surface area contributed by atoms with Gasteiger partial charge in [0, 0.05) is 12.3 Å². The Labute approximate surface area is 162 Å². The monoisotopic (exact) mass is 398 g/mol. The fourth-order valence-electron chi connectivity index (χ4n) is 3.61. The van der Waals surface area contributed by atoms with E-state index in [9.17, 15) is 27.9 Å². The summed E-state index contributed by atoms with van der Waals surface area (Å²) < 4.78 is 38.4. The molecular weight excluding hydrogens is 373 g/mol. The lowest BCUT2D eigenvalue weighted by atomic mass is 9.89. The molecule has 1 aromatic rings. The van der Waals surface area contributed by atoms with Gasteiger partial charge in [0.2, 0.25) is 0 Å². The van der Waals surface area contributed by atoms with E-state index in [4.69, 9.17) is 5.11 Å². The highest BCUT2D eigenvalue weighted by Crippen LogP contribution is 2.35. The highest BCUT2D eigenvalue weighted by Gasteiger charge is 2.39. The van der Waals surface area contributed by atoms with E-state index in [1.165, 1.54) is 6.07 Å². The first kappa shape index (κ1) is 22.1. The van der Waals surface area contributed by atoms with Crippen molar-refractivity contribution in [3.8, 4) is 0 Å². The van der Waals surface area contributed by atoms with Crippen molar-refractivity contribution in [2.45, 2.75) is 57.2 Å². The first-order chi connectivity index (χ1) is 13.2. The molecule has 0 heterocycles. The molecule has 0 radical (unpaired) electrons. The zero-order valence-corrected chi connectivity index (χ0v) is 15.5. The van der Waals surface area contributed by atoms with E-state index in [-0.39, 0.29) is 30.5 Å². The highest BCUT2D eigenvalue weighted by atomic mass is 19.4. The van der Waals surface area contributed by atoms with Crippen LogP contribution in [0.4, 0.5) is 13.2 Å². The molecule has 0 amide bonds. The molecule has 4 nitrogen and oxygen atoms in total. The fraction of sp³-hybridized carbons (Fsp3) is 0.524. The first-order valence-corrected chi connectivity index (χ1v) is 9.47. The molecule has 2 N–H and O–H groups in total. The smallest absolute Gasteiger partial charge is 0.416 e. The molecule has 1 saturated carbocycles. The quantitative estimate of drug-likeness (QED) is 0.591. The van der Waals surface area contributed by atoms with E-state index in [2.05, 4.69) is 0 Å². The van der Waals surface area contributed by atoms with Crippen molar-refractivity contribution < 1.29 is 33.0 Å². The maximum Gasteiger partial charge on any atom is 0.416 e. The number of Topliss-reactive ketones (excluding diaryl/α,β-unsaturated/α-hetero) is 1. The molecule has 0 spiro atoms. The minimum absolute atomic E-state index is 0.128. The predicted octanol–water partition coefficient (Wildman–Crippen LogP) is 4.71. The third kappa shape index (κ3) is 6.48. The van der Waals surface area contributed by atoms with Crippen molar-refractivity contribution in [3.63, 3.8) is 0 Å². The van der Waals surface area contributed by atoms with Gasteiger partial charge in [-0.2, -0.15) is 13.2 Å². The number of aliphatic hydroxyl groups is 1. The van der Waals surface area contributed by atoms with Crippen molar-refractivity contribution in [1.29, 1.82) is 0 Å². The number of ketones is 1. The van der Waals surface area contributed by atoms with Crippen LogP contribution in [0.25, 0.3) is 6.08 Å². The molecule has 7 heteroatoms. The summed E-state index contributed by atoms with van der Waals surface area (Å²) in [5.41, 5.74) is -0.328. The second-order valence-corrected chi connectivity index (χ2v) is 7.25. The summed E-state index contributed by atoms with van der Waals surface area (Å²) in [6, 6.07) is 4.97. The van der Waals surface area contributed by atoms with Gasteiger partial charge in [-0.25, -0.2) is 0 Å². The Morgan fingerprint density at radius 2 is 1.89 bits per heavy atom. The number of carbonyl (C=O) groups excluding carboxylic acids is 1.